The van der Waals surface area contributed by atoms with Gasteiger partial charge >= 0.3 is 11.9 Å². The fourth-order valence-electron chi connectivity index (χ4n) is 3.85. The fraction of sp³-hybridized carbons (Fsp3) is 0.333. The van der Waals surface area contributed by atoms with Gasteiger partial charge < -0.3 is 0 Å². The van der Waals surface area contributed by atoms with Crippen LogP contribution in [0.2, 0.25) is 0 Å². The summed E-state index contributed by atoms with van der Waals surface area (Å²) in [4.78, 5) is 42.5. The van der Waals surface area contributed by atoms with Gasteiger partial charge in [0.1, 0.15) is 0 Å². The van der Waals surface area contributed by atoms with Gasteiger partial charge in [-0.05, 0) is 52.0 Å². The molecule has 0 radical (unpaired) electrons. The normalized spacial score (nSPS) is 13.2. The summed E-state index contributed by atoms with van der Waals surface area (Å²) in [6.45, 7) is 6.27. The van der Waals surface area contributed by atoms with Gasteiger partial charge in [-0.15, -0.1) is 0 Å². The Morgan fingerprint density at radius 2 is 1.66 bits per heavy atom. The minimum atomic E-state index is -4.46. The molecule has 0 amide bonds. The molecule has 0 aliphatic heterocycles. The quantitative estimate of drug-likeness (QED) is 0.484. The van der Waals surface area contributed by atoms with E-state index in [1.807, 2.05) is 0 Å². The van der Waals surface area contributed by atoms with Crippen molar-refractivity contribution in [2.24, 2.45) is 7.05 Å². The van der Waals surface area contributed by atoms with Crippen LogP contribution in [0.1, 0.15) is 36.8 Å². The third-order valence-electron chi connectivity index (χ3n) is 5.90. The first-order chi connectivity index (χ1) is 14.9. The molecule has 0 aliphatic carbocycles. The van der Waals surface area contributed by atoms with Crippen molar-refractivity contribution in [1.29, 1.82) is 0 Å². The molecule has 3 aromatic heterocycles. The smallest absolute Gasteiger partial charge is 0.298 e. The van der Waals surface area contributed by atoms with Crippen molar-refractivity contribution < 1.29 is 18.0 Å². The van der Waals surface area contributed by atoms with Crippen LogP contribution in [0.3, 0.4) is 0 Å². The largest absolute Gasteiger partial charge is 0.416 e. The molecule has 3 heterocycles. The maximum absolute atomic E-state index is 13.3. The standard InChI is InChI=1S/C21H20F3N5O3/c1-10-11(2)28-16-17(26(5)20(32)29(18(16)31)12(3)13(4)30)25-19(28)27(10)15-8-6-14(7-9-15)21(22,23)24/h6-9,12H,1-5H3/t12-/m1/s1. The summed E-state index contributed by atoms with van der Waals surface area (Å²) in [6.07, 6.45) is -4.46. The number of fused-ring (bicyclic) bond motifs is 3. The highest BCUT2D eigenvalue weighted by Crippen LogP contribution is 2.31. The molecule has 8 nitrogen and oxygen atoms in total. The van der Waals surface area contributed by atoms with Gasteiger partial charge in [-0.2, -0.15) is 18.2 Å². The zero-order valence-electron chi connectivity index (χ0n) is 18.0. The third kappa shape index (κ3) is 2.91. The number of Topliss-reactive ketones (excluding diaryl/α,β-unsaturated/α-hetero) is 1. The molecule has 1 aromatic carbocycles. The van der Waals surface area contributed by atoms with Crippen LogP contribution in [0.15, 0.2) is 33.9 Å². The van der Waals surface area contributed by atoms with Crippen LogP contribution in [0.4, 0.5) is 13.2 Å². The second kappa shape index (κ2) is 6.94. The van der Waals surface area contributed by atoms with Crippen molar-refractivity contribution in [2.45, 2.75) is 39.9 Å². The fourth-order valence-corrected chi connectivity index (χ4v) is 3.85. The van der Waals surface area contributed by atoms with Crippen LogP contribution in [0, 0.1) is 13.8 Å². The Kier molecular flexibility index (Phi) is 4.68. The van der Waals surface area contributed by atoms with Gasteiger partial charge in [-0.3, -0.25) is 23.1 Å². The number of rotatable bonds is 3. The highest BCUT2D eigenvalue weighted by atomic mass is 19.4. The first kappa shape index (κ1) is 21.6. The molecule has 32 heavy (non-hydrogen) atoms. The number of hydrogen-bond donors (Lipinski definition) is 0. The van der Waals surface area contributed by atoms with Crippen molar-refractivity contribution in [3.05, 3.63) is 62.1 Å². The lowest BCUT2D eigenvalue weighted by atomic mass is 10.2. The lowest BCUT2D eigenvalue weighted by Gasteiger charge is -2.12. The molecule has 1 atom stereocenters. The topological polar surface area (TPSA) is 83.3 Å². The van der Waals surface area contributed by atoms with Gasteiger partial charge in [0.05, 0.1) is 11.6 Å². The number of aromatic nitrogens is 5. The minimum Gasteiger partial charge on any atom is -0.298 e. The Labute approximate surface area is 179 Å². The van der Waals surface area contributed by atoms with Gasteiger partial charge in [-0.25, -0.2) is 9.36 Å². The molecule has 168 valence electrons. The van der Waals surface area contributed by atoms with Gasteiger partial charge in [0.2, 0.25) is 5.78 Å². The number of benzene rings is 1. The van der Waals surface area contributed by atoms with Crippen LogP contribution in [0.5, 0.6) is 0 Å². The first-order valence-electron chi connectivity index (χ1n) is 9.76. The summed E-state index contributed by atoms with van der Waals surface area (Å²) in [5.74, 6) is -0.0744. The summed E-state index contributed by atoms with van der Waals surface area (Å²) in [5, 5.41) is 0. The summed E-state index contributed by atoms with van der Waals surface area (Å²) in [5.41, 5.74) is -0.185. The number of alkyl halides is 3. The Bertz CT molecular complexity index is 1520. The number of nitrogens with zero attached hydrogens (tertiary/aromatic N) is 5. The predicted molar refractivity (Wildman–Crippen MR) is 111 cm³/mol. The van der Waals surface area contributed by atoms with E-state index in [9.17, 15) is 27.6 Å². The highest BCUT2D eigenvalue weighted by Gasteiger charge is 2.30. The monoisotopic (exact) mass is 447 g/mol. The number of imidazole rings is 2. The lowest BCUT2D eigenvalue weighted by Crippen LogP contribution is -2.42. The van der Waals surface area contributed by atoms with Gasteiger partial charge in [-0.1, -0.05) is 0 Å². The van der Waals surface area contributed by atoms with E-state index in [2.05, 4.69) is 4.98 Å². The van der Waals surface area contributed by atoms with E-state index in [0.717, 1.165) is 16.7 Å². The van der Waals surface area contributed by atoms with Crippen molar-refractivity contribution in [3.8, 4) is 5.69 Å². The molecular formula is C21H20F3N5O3. The molecule has 0 N–H and O–H groups in total. The van der Waals surface area contributed by atoms with E-state index in [1.165, 1.54) is 37.6 Å². The van der Waals surface area contributed by atoms with Gasteiger partial charge in [0, 0.05) is 24.1 Å². The van der Waals surface area contributed by atoms with Gasteiger partial charge in [0.25, 0.3) is 5.56 Å². The first-order valence-corrected chi connectivity index (χ1v) is 9.76. The Morgan fingerprint density at radius 1 is 1.06 bits per heavy atom. The van der Waals surface area contributed by atoms with Crippen LogP contribution in [0.25, 0.3) is 22.6 Å². The number of carbonyl (C=O) groups excluding carboxylic acids is 1. The summed E-state index contributed by atoms with van der Waals surface area (Å²) >= 11 is 0. The van der Waals surface area contributed by atoms with E-state index < -0.39 is 29.0 Å². The summed E-state index contributed by atoms with van der Waals surface area (Å²) in [7, 11) is 1.45. The highest BCUT2D eigenvalue weighted by molar-refractivity contribution is 5.81. The molecule has 4 aromatic rings. The van der Waals surface area contributed by atoms with E-state index in [4.69, 9.17) is 0 Å². The number of halogens is 3. The molecular weight excluding hydrogens is 427 g/mol. The molecule has 4 rings (SSSR count). The average Bonchev–Trinajstić information content (AvgIpc) is 3.21. The molecule has 0 spiro atoms. The molecule has 0 bridgehead atoms. The number of aryl methyl sites for hydroxylation is 2. The minimum absolute atomic E-state index is 0.112. The maximum Gasteiger partial charge on any atom is 0.416 e. The van der Waals surface area contributed by atoms with Crippen molar-refractivity contribution in [2.75, 3.05) is 0 Å². The zero-order valence-corrected chi connectivity index (χ0v) is 18.0. The van der Waals surface area contributed by atoms with E-state index in [-0.39, 0.29) is 22.7 Å². The molecule has 11 heteroatoms. The number of hydrogen-bond acceptors (Lipinski definition) is 4. The Morgan fingerprint density at radius 3 is 2.19 bits per heavy atom. The summed E-state index contributed by atoms with van der Waals surface area (Å²) in [6, 6.07) is 3.63. The lowest BCUT2D eigenvalue weighted by molar-refractivity contribution is -0.137. The number of carbonyl (C=O) groups is 1. The summed E-state index contributed by atoms with van der Waals surface area (Å²) < 4.78 is 44.2. The van der Waals surface area contributed by atoms with Crippen LogP contribution < -0.4 is 11.2 Å². The average molecular weight is 447 g/mol. The zero-order chi connectivity index (χ0) is 23.7. The van der Waals surface area contributed by atoms with Gasteiger partial charge in [0.15, 0.2) is 16.9 Å². The van der Waals surface area contributed by atoms with Crippen LogP contribution in [-0.4, -0.2) is 28.9 Å². The van der Waals surface area contributed by atoms with E-state index >= 15 is 0 Å². The van der Waals surface area contributed by atoms with Crippen molar-refractivity contribution >= 4 is 22.7 Å². The van der Waals surface area contributed by atoms with Crippen molar-refractivity contribution in [3.63, 3.8) is 0 Å². The Balaban J connectivity index is 2.09. The van der Waals surface area contributed by atoms with E-state index in [0.29, 0.717) is 17.1 Å². The third-order valence-corrected chi connectivity index (χ3v) is 5.90. The SMILES string of the molecule is CC(=O)[C@@H](C)n1c(=O)c2c(nc3n(-c4ccc(C(F)(F)F)cc4)c(C)c(C)n23)n(C)c1=O. The number of ketones is 1. The molecule has 0 saturated heterocycles. The molecule has 0 aliphatic rings. The molecule has 0 fully saturated rings. The predicted octanol–water partition coefficient (Wildman–Crippen LogP) is 2.92. The van der Waals surface area contributed by atoms with Crippen LogP contribution >= 0.6 is 0 Å². The van der Waals surface area contributed by atoms with Crippen LogP contribution in [-0.2, 0) is 18.0 Å². The molecule has 0 saturated carbocycles. The maximum atomic E-state index is 13.3. The molecule has 0 unspecified atom stereocenters. The second-order valence-corrected chi connectivity index (χ2v) is 7.77. The second-order valence-electron chi connectivity index (χ2n) is 7.77. The Hall–Kier alpha value is -3.63. The van der Waals surface area contributed by atoms with E-state index in [1.54, 1.807) is 22.8 Å². The van der Waals surface area contributed by atoms with Crippen molar-refractivity contribution in [1.82, 2.24) is 23.1 Å².